The van der Waals surface area contributed by atoms with E-state index in [1.807, 2.05) is 24.4 Å². The highest BCUT2D eigenvalue weighted by Gasteiger charge is 2.16. The van der Waals surface area contributed by atoms with Crippen molar-refractivity contribution in [3.8, 4) is 0 Å². The van der Waals surface area contributed by atoms with Crippen molar-refractivity contribution in [3.63, 3.8) is 0 Å². The van der Waals surface area contributed by atoms with Gasteiger partial charge in [-0.15, -0.1) is 22.7 Å². The average molecular weight is 278 g/mol. The number of thiophene rings is 2. The number of hydrogen-bond acceptors (Lipinski definition) is 3. The van der Waals surface area contributed by atoms with Gasteiger partial charge in [0, 0.05) is 14.3 Å². The lowest BCUT2D eigenvalue weighted by Crippen LogP contribution is -2.00. The number of aliphatic hydroxyl groups excluding tert-OH is 1. The molecule has 0 aliphatic carbocycles. The van der Waals surface area contributed by atoms with Gasteiger partial charge in [0.15, 0.2) is 0 Å². The standard InChI is InChI=1S/C14H11FOS2/c1-8-2-3-9(15)6-10(8)14(16)13-7-12-11(18-13)4-5-17-12/h2-7,14,16H,1H3. The number of aryl methyl sites for hydroxylation is 1. The highest BCUT2D eigenvalue weighted by molar-refractivity contribution is 7.26. The third-order valence-electron chi connectivity index (χ3n) is 2.96. The first-order valence-electron chi connectivity index (χ1n) is 5.56. The van der Waals surface area contributed by atoms with Gasteiger partial charge in [-0.05, 0) is 47.7 Å². The SMILES string of the molecule is Cc1ccc(F)cc1C(O)c1cc2sccc2s1. The molecule has 1 atom stereocenters. The zero-order valence-electron chi connectivity index (χ0n) is 9.68. The zero-order chi connectivity index (χ0) is 12.7. The quantitative estimate of drug-likeness (QED) is 0.732. The minimum Gasteiger partial charge on any atom is -0.383 e. The van der Waals surface area contributed by atoms with Crippen LogP contribution in [0.3, 0.4) is 0 Å². The first kappa shape index (κ1) is 11.8. The van der Waals surface area contributed by atoms with Gasteiger partial charge in [0.1, 0.15) is 11.9 Å². The smallest absolute Gasteiger partial charge is 0.123 e. The number of rotatable bonds is 2. The van der Waals surface area contributed by atoms with Crippen LogP contribution in [-0.2, 0) is 0 Å². The number of aliphatic hydroxyl groups is 1. The molecule has 18 heavy (non-hydrogen) atoms. The predicted octanol–water partition coefficient (Wildman–Crippen LogP) is 4.49. The predicted molar refractivity (Wildman–Crippen MR) is 74.9 cm³/mol. The molecule has 0 aliphatic rings. The van der Waals surface area contributed by atoms with E-state index in [0.29, 0.717) is 5.56 Å². The van der Waals surface area contributed by atoms with E-state index in [1.54, 1.807) is 28.7 Å². The summed E-state index contributed by atoms with van der Waals surface area (Å²) in [7, 11) is 0. The van der Waals surface area contributed by atoms with Crippen molar-refractivity contribution < 1.29 is 9.50 Å². The van der Waals surface area contributed by atoms with Crippen molar-refractivity contribution in [2.75, 3.05) is 0 Å². The Morgan fingerprint density at radius 3 is 2.78 bits per heavy atom. The maximum atomic E-state index is 13.3. The van der Waals surface area contributed by atoms with E-state index in [2.05, 4.69) is 0 Å². The summed E-state index contributed by atoms with van der Waals surface area (Å²) in [6, 6.07) is 8.55. The molecule has 3 rings (SSSR count). The molecule has 3 aromatic rings. The molecule has 1 aromatic carbocycles. The Hall–Kier alpha value is -1.23. The van der Waals surface area contributed by atoms with Gasteiger partial charge in [0.05, 0.1) is 0 Å². The molecule has 0 bridgehead atoms. The fraction of sp³-hybridized carbons (Fsp3) is 0.143. The van der Waals surface area contributed by atoms with Crippen molar-refractivity contribution in [3.05, 3.63) is 57.5 Å². The lowest BCUT2D eigenvalue weighted by molar-refractivity contribution is 0.223. The van der Waals surface area contributed by atoms with Gasteiger partial charge in [0.25, 0.3) is 0 Å². The monoisotopic (exact) mass is 278 g/mol. The molecular formula is C14H11FOS2. The van der Waals surface area contributed by atoms with Crippen LogP contribution in [0.25, 0.3) is 9.40 Å². The minimum atomic E-state index is -0.745. The van der Waals surface area contributed by atoms with Crippen LogP contribution in [0.2, 0.25) is 0 Å². The van der Waals surface area contributed by atoms with Gasteiger partial charge in [-0.3, -0.25) is 0 Å². The summed E-state index contributed by atoms with van der Waals surface area (Å²) in [6.07, 6.45) is -0.745. The highest BCUT2D eigenvalue weighted by Crippen LogP contribution is 2.36. The summed E-state index contributed by atoms with van der Waals surface area (Å²) < 4.78 is 15.6. The van der Waals surface area contributed by atoms with Crippen LogP contribution >= 0.6 is 22.7 Å². The van der Waals surface area contributed by atoms with E-state index >= 15 is 0 Å². The van der Waals surface area contributed by atoms with Crippen LogP contribution in [-0.4, -0.2) is 5.11 Å². The van der Waals surface area contributed by atoms with Crippen molar-refractivity contribution >= 4 is 32.1 Å². The first-order chi connectivity index (χ1) is 8.65. The number of halogens is 1. The summed E-state index contributed by atoms with van der Waals surface area (Å²) in [5.41, 5.74) is 1.55. The summed E-state index contributed by atoms with van der Waals surface area (Å²) in [6.45, 7) is 1.88. The second kappa shape index (κ2) is 4.46. The minimum absolute atomic E-state index is 0.312. The molecule has 2 aromatic heterocycles. The summed E-state index contributed by atoms with van der Waals surface area (Å²) in [5, 5.41) is 12.4. The van der Waals surface area contributed by atoms with Crippen molar-refractivity contribution in [2.24, 2.45) is 0 Å². The molecule has 1 nitrogen and oxygen atoms in total. The molecule has 0 saturated heterocycles. The molecule has 1 unspecified atom stereocenters. The third-order valence-corrected chi connectivity index (χ3v) is 5.11. The van der Waals surface area contributed by atoms with Gasteiger partial charge < -0.3 is 5.11 Å². The molecule has 0 fully saturated rings. The van der Waals surface area contributed by atoms with E-state index in [0.717, 1.165) is 10.4 Å². The topological polar surface area (TPSA) is 20.2 Å². The van der Waals surface area contributed by atoms with Crippen molar-refractivity contribution in [1.29, 1.82) is 0 Å². The lowest BCUT2D eigenvalue weighted by Gasteiger charge is -2.12. The Kier molecular flexibility index (Phi) is 2.93. The average Bonchev–Trinajstić information content (AvgIpc) is 2.91. The van der Waals surface area contributed by atoms with Gasteiger partial charge in [-0.25, -0.2) is 4.39 Å². The van der Waals surface area contributed by atoms with Gasteiger partial charge in [0.2, 0.25) is 0 Å². The maximum absolute atomic E-state index is 13.3. The Morgan fingerprint density at radius 2 is 2.00 bits per heavy atom. The molecule has 0 aliphatic heterocycles. The van der Waals surface area contributed by atoms with E-state index in [1.165, 1.54) is 21.5 Å². The van der Waals surface area contributed by atoms with Gasteiger partial charge >= 0.3 is 0 Å². The molecule has 0 radical (unpaired) electrons. The van der Waals surface area contributed by atoms with Crippen molar-refractivity contribution in [2.45, 2.75) is 13.0 Å². The van der Waals surface area contributed by atoms with E-state index in [4.69, 9.17) is 0 Å². The summed E-state index contributed by atoms with van der Waals surface area (Å²) in [4.78, 5) is 0.866. The van der Waals surface area contributed by atoms with Crippen LogP contribution in [0.4, 0.5) is 4.39 Å². The second-order valence-corrected chi connectivity index (χ2v) is 6.26. The van der Waals surface area contributed by atoms with Crippen LogP contribution in [0, 0.1) is 12.7 Å². The summed E-state index contributed by atoms with van der Waals surface area (Å²) in [5.74, 6) is -0.312. The first-order valence-corrected chi connectivity index (χ1v) is 7.26. The van der Waals surface area contributed by atoms with Crippen LogP contribution in [0.15, 0.2) is 35.7 Å². The fourth-order valence-corrected chi connectivity index (χ4v) is 4.10. The van der Waals surface area contributed by atoms with Gasteiger partial charge in [-0.1, -0.05) is 6.07 Å². The molecular weight excluding hydrogens is 267 g/mol. The molecule has 0 spiro atoms. The third kappa shape index (κ3) is 1.96. The van der Waals surface area contributed by atoms with E-state index in [-0.39, 0.29) is 5.82 Å². The molecule has 4 heteroatoms. The maximum Gasteiger partial charge on any atom is 0.123 e. The van der Waals surface area contributed by atoms with Crippen LogP contribution < -0.4 is 0 Å². The molecule has 92 valence electrons. The van der Waals surface area contributed by atoms with Gasteiger partial charge in [-0.2, -0.15) is 0 Å². The number of fused-ring (bicyclic) bond motifs is 1. The van der Waals surface area contributed by atoms with Crippen LogP contribution in [0.5, 0.6) is 0 Å². The van der Waals surface area contributed by atoms with E-state index in [9.17, 15) is 9.50 Å². The largest absolute Gasteiger partial charge is 0.383 e. The Labute approximate surface area is 112 Å². The normalized spacial score (nSPS) is 13.1. The second-order valence-electron chi connectivity index (χ2n) is 4.20. The Bertz CT molecular complexity index is 670. The lowest BCUT2D eigenvalue weighted by atomic mass is 10.0. The molecule has 1 N–H and O–H groups in total. The zero-order valence-corrected chi connectivity index (χ0v) is 11.3. The fourth-order valence-electron chi connectivity index (χ4n) is 1.98. The van der Waals surface area contributed by atoms with Crippen molar-refractivity contribution in [1.82, 2.24) is 0 Å². The molecule has 2 heterocycles. The number of benzene rings is 1. The van der Waals surface area contributed by atoms with E-state index < -0.39 is 6.10 Å². The molecule has 0 amide bonds. The Morgan fingerprint density at radius 1 is 1.17 bits per heavy atom. The summed E-state index contributed by atoms with van der Waals surface area (Å²) >= 11 is 3.21. The van der Waals surface area contributed by atoms with Crippen LogP contribution in [0.1, 0.15) is 22.1 Å². The Balaban J connectivity index is 2.05. The highest BCUT2D eigenvalue weighted by atomic mass is 32.1. The number of hydrogen-bond donors (Lipinski definition) is 1. The molecule has 0 saturated carbocycles.